The van der Waals surface area contributed by atoms with Gasteiger partial charge in [0.25, 0.3) is 0 Å². The number of hydrogen-bond acceptors (Lipinski definition) is 5. The van der Waals surface area contributed by atoms with Crippen molar-refractivity contribution in [1.29, 1.82) is 0 Å². The molecule has 0 bridgehead atoms. The van der Waals surface area contributed by atoms with Gasteiger partial charge in [-0.3, -0.25) is 4.79 Å². The van der Waals surface area contributed by atoms with E-state index in [2.05, 4.69) is 4.74 Å². The van der Waals surface area contributed by atoms with Crippen LogP contribution in [0, 0.1) is 5.82 Å². The molecule has 0 spiro atoms. The Hall–Kier alpha value is -2.76. The Bertz CT molecular complexity index is 752. The first-order valence-electron chi connectivity index (χ1n) is 8.18. The first kappa shape index (κ1) is 17.1. The molecule has 25 heavy (non-hydrogen) atoms. The predicted octanol–water partition coefficient (Wildman–Crippen LogP) is 3.13. The number of anilines is 2. The highest BCUT2D eigenvalue weighted by molar-refractivity contribution is 5.69. The standard InChI is InChI=1S/C19H21FN2O3/c1-24-18(23)8-7-15-12-22(11-13-5-3-2-4-6-13)17-10-14(21)9-16(20)19(17)25-15/h2-6,9-10,15H,7-8,11-12,21H2,1H3/t15-/m0/s1. The summed E-state index contributed by atoms with van der Waals surface area (Å²) in [7, 11) is 1.35. The van der Waals surface area contributed by atoms with Gasteiger partial charge in [-0.15, -0.1) is 0 Å². The highest BCUT2D eigenvalue weighted by atomic mass is 19.1. The summed E-state index contributed by atoms with van der Waals surface area (Å²) in [6.07, 6.45) is 0.390. The molecule has 0 aliphatic carbocycles. The van der Waals surface area contributed by atoms with E-state index >= 15 is 0 Å². The number of hydrogen-bond donors (Lipinski definition) is 1. The van der Waals surface area contributed by atoms with E-state index in [1.807, 2.05) is 35.2 Å². The molecule has 2 N–H and O–H groups in total. The number of carbonyl (C=O) groups excluding carboxylic acids is 1. The molecule has 2 aromatic rings. The van der Waals surface area contributed by atoms with Crippen LogP contribution in [0.2, 0.25) is 0 Å². The molecular weight excluding hydrogens is 323 g/mol. The van der Waals surface area contributed by atoms with Crippen LogP contribution in [0.5, 0.6) is 5.75 Å². The number of nitrogens with two attached hydrogens (primary N) is 1. The van der Waals surface area contributed by atoms with E-state index in [4.69, 9.17) is 10.5 Å². The van der Waals surface area contributed by atoms with Crippen molar-refractivity contribution in [2.75, 3.05) is 24.3 Å². The van der Waals surface area contributed by atoms with Crippen molar-refractivity contribution in [2.45, 2.75) is 25.5 Å². The maximum atomic E-state index is 14.4. The molecule has 0 amide bonds. The number of methoxy groups -OCH3 is 1. The van der Waals surface area contributed by atoms with Gasteiger partial charge in [0, 0.05) is 24.7 Å². The summed E-state index contributed by atoms with van der Waals surface area (Å²) in [5.74, 6) is -0.608. The molecule has 0 aromatic heterocycles. The number of nitrogen functional groups attached to an aromatic ring is 1. The molecule has 1 atom stereocenters. The Morgan fingerprint density at radius 3 is 2.84 bits per heavy atom. The minimum absolute atomic E-state index is 0.186. The van der Waals surface area contributed by atoms with Crippen molar-refractivity contribution < 1.29 is 18.7 Å². The summed E-state index contributed by atoms with van der Waals surface area (Å²) >= 11 is 0. The first-order valence-corrected chi connectivity index (χ1v) is 8.18. The Morgan fingerprint density at radius 1 is 1.36 bits per heavy atom. The van der Waals surface area contributed by atoms with Crippen LogP contribution >= 0.6 is 0 Å². The molecule has 6 heteroatoms. The van der Waals surface area contributed by atoms with Crippen molar-refractivity contribution in [1.82, 2.24) is 0 Å². The summed E-state index contributed by atoms with van der Waals surface area (Å²) in [5, 5.41) is 0. The van der Waals surface area contributed by atoms with E-state index < -0.39 is 5.82 Å². The number of ether oxygens (including phenoxy) is 2. The lowest BCUT2D eigenvalue weighted by Crippen LogP contribution is -2.40. The lowest BCUT2D eigenvalue weighted by Gasteiger charge is -2.36. The van der Waals surface area contributed by atoms with Crippen LogP contribution in [-0.2, 0) is 16.1 Å². The quantitative estimate of drug-likeness (QED) is 0.667. The normalized spacial score (nSPS) is 16.1. The number of fused-ring (bicyclic) bond motifs is 1. The SMILES string of the molecule is COC(=O)CC[C@H]1CN(Cc2ccccc2)c2cc(N)cc(F)c2O1. The molecular formula is C19H21FN2O3. The summed E-state index contributed by atoms with van der Waals surface area (Å²) in [6.45, 7) is 1.15. The van der Waals surface area contributed by atoms with Crippen molar-refractivity contribution >= 4 is 17.3 Å². The molecule has 0 unspecified atom stereocenters. The van der Waals surface area contributed by atoms with Gasteiger partial charge in [0.2, 0.25) is 0 Å². The van der Waals surface area contributed by atoms with Gasteiger partial charge in [-0.1, -0.05) is 30.3 Å². The van der Waals surface area contributed by atoms with Crippen molar-refractivity contribution in [3.8, 4) is 5.75 Å². The fourth-order valence-electron chi connectivity index (χ4n) is 2.98. The largest absolute Gasteiger partial charge is 0.483 e. The average Bonchev–Trinajstić information content (AvgIpc) is 2.61. The minimum Gasteiger partial charge on any atom is -0.483 e. The zero-order valence-electron chi connectivity index (χ0n) is 14.1. The van der Waals surface area contributed by atoms with Gasteiger partial charge >= 0.3 is 5.97 Å². The molecule has 3 rings (SSSR count). The second kappa shape index (κ2) is 7.42. The average molecular weight is 344 g/mol. The smallest absolute Gasteiger partial charge is 0.305 e. The molecule has 2 aromatic carbocycles. The Morgan fingerprint density at radius 2 is 2.12 bits per heavy atom. The van der Waals surface area contributed by atoms with Crippen LogP contribution in [0.3, 0.4) is 0 Å². The molecule has 1 aliphatic rings. The van der Waals surface area contributed by atoms with Crippen LogP contribution in [0.4, 0.5) is 15.8 Å². The van der Waals surface area contributed by atoms with Gasteiger partial charge in [-0.05, 0) is 18.1 Å². The molecule has 5 nitrogen and oxygen atoms in total. The van der Waals surface area contributed by atoms with Gasteiger partial charge in [-0.2, -0.15) is 0 Å². The molecule has 0 fully saturated rings. The van der Waals surface area contributed by atoms with Gasteiger partial charge in [0.05, 0.1) is 19.3 Å². The fourth-order valence-corrected chi connectivity index (χ4v) is 2.98. The van der Waals surface area contributed by atoms with E-state index in [0.717, 1.165) is 5.56 Å². The zero-order chi connectivity index (χ0) is 17.8. The lowest BCUT2D eigenvalue weighted by atomic mass is 10.1. The van der Waals surface area contributed by atoms with E-state index in [-0.39, 0.29) is 24.2 Å². The van der Waals surface area contributed by atoms with E-state index in [0.29, 0.717) is 30.9 Å². The summed E-state index contributed by atoms with van der Waals surface area (Å²) in [6, 6.07) is 12.9. The van der Waals surface area contributed by atoms with Crippen molar-refractivity contribution in [3.63, 3.8) is 0 Å². The molecule has 1 aliphatic heterocycles. The fraction of sp³-hybridized carbons (Fsp3) is 0.316. The number of benzene rings is 2. The van der Waals surface area contributed by atoms with Gasteiger partial charge in [-0.25, -0.2) is 4.39 Å². The lowest BCUT2D eigenvalue weighted by molar-refractivity contribution is -0.141. The Balaban J connectivity index is 1.86. The first-order chi connectivity index (χ1) is 12.1. The molecule has 1 heterocycles. The second-order valence-corrected chi connectivity index (χ2v) is 6.07. The van der Waals surface area contributed by atoms with Gasteiger partial charge < -0.3 is 20.1 Å². The van der Waals surface area contributed by atoms with E-state index in [9.17, 15) is 9.18 Å². The molecule has 132 valence electrons. The van der Waals surface area contributed by atoms with Gasteiger partial charge in [0.1, 0.15) is 6.10 Å². The summed E-state index contributed by atoms with van der Waals surface area (Å²) in [5.41, 5.74) is 7.90. The monoisotopic (exact) mass is 344 g/mol. The molecule has 0 radical (unpaired) electrons. The van der Waals surface area contributed by atoms with E-state index in [1.54, 1.807) is 6.07 Å². The Kier molecular flexibility index (Phi) is 5.07. The summed E-state index contributed by atoms with van der Waals surface area (Å²) in [4.78, 5) is 13.4. The third-order valence-electron chi connectivity index (χ3n) is 4.21. The topological polar surface area (TPSA) is 64.8 Å². The predicted molar refractivity (Wildman–Crippen MR) is 94.0 cm³/mol. The summed E-state index contributed by atoms with van der Waals surface area (Å²) < 4.78 is 24.8. The number of halogens is 1. The van der Waals surface area contributed by atoms with E-state index in [1.165, 1.54) is 13.2 Å². The van der Waals surface area contributed by atoms with Crippen LogP contribution in [-0.4, -0.2) is 25.7 Å². The number of carbonyl (C=O) groups is 1. The second-order valence-electron chi connectivity index (χ2n) is 6.07. The van der Waals surface area contributed by atoms with Crippen LogP contribution in [0.25, 0.3) is 0 Å². The third kappa shape index (κ3) is 4.02. The van der Waals surface area contributed by atoms with Crippen LogP contribution in [0.1, 0.15) is 18.4 Å². The maximum absolute atomic E-state index is 14.4. The maximum Gasteiger partial charge on any atom is 0.305 e. The van der Waals surface area contributed by atoms with Crippen molar-refractivity contribution in [2.24, 2.45) is 0 Å². The van der Waals surface area contributed by atoms with Crippen LogP contribution < -0.4 is 15.4 Å². The number of esters is 1. The molecule has 0 saturated carbocycles. The number of rotatable bonds is 5. The minimum atomic E-state index is -0.490. The molecule has 0 saturated heterocycles. The van der Waals surface area contributed by atoms with Crippen molar-refractivity contribution in [3.05, 3.63) is 53.8 Å². The van der Waals surface area contributed by atoms with Crippen LogP contribution in [0.15, 0.2) is 42.5 Å². The zero-order valence-corrected chi connectivity index (χ0v) is 14.1. The third-order valence-corrected chi connectivity index (χ3v) is 4.21. The van der Waals surface area contributed by atoms with Gasteiger partial charge in [0.15, 0.2) is 11.6 Å². The highest BCUT2D eigenvalue weighted by Crippen LogP contribution is 2.39. The highest BCUT2D eigenvalue weighted by Gasteiger charge is 2.29. The Labute approximate surface area is 146 Å². The number of nitrogens with zero attached hydrogens (tertiary/aromatic N) is 1.